The molecular weight excluding hydrogens is 1590 g/mol. The Kier molecular flexibility index (Phi) is 41.3. The summed E-state index contributed by atoms with van der Waals surface area (Å²) in [5.74, 6) is -1.51. The molecule has 0 aliphatic carbocycles. The van der Waals surface area contributed by atoms with Crippen LogP contribution in [0.25, 0.3) is 16.1 Å². The van der Waals surface area contributed by atoms with Crippen LogP contribution in [-0.2, 0) is 61.7 Å². The molecule has 0 bridgehead atoms. The van der Waals surface area contributed by atoms with Gasteiger partial charge in [-0.05, 0) is 165 Å². The predicted molar refractivity (Wildman–Crippen MR) is 416 cm³/mol. The number of nitrogens with one attached hydrogen (secondary N) is 6. The number of carbonyl (C=O) groups is 5. The first-order chi connectivity index (χ1) is 53.0. The number of pyridine rings is 2. The molecule has 5 saturated heterocycles. The Morgan fingerprint density at radius 1 is 0.579 bits per heavy atom. The Labute approximate surface area is 677 Å². The molecule has 4 aromatic rings. The van der Waals surface area contributed by atoms with E-state index in [1.807, 2.05) is 45.0 Å². The second kappa shape index (κ2) is 47.3. The van der Waals surface area contributed by atoms with Crippen LogP contribution in [0.15, 0.2) is 53.9 Å². The first-order valence-corrected chi connectivity index (χ1v) is 38.8. The summed E-state index contributed by atoms with van der Waals surface area (Å²) in [4.78, 5) is 69.5. The van der Waals surface area contributed by atoms with E-state index in [1.165, 1.54) is 4.80 Å². The Hall–Kier alpha value is -8.74. The van der Waals surface area contributed by atoms with Gasteiger partial charge in [0.2, 0.25) is 0 Å². The van der Waals surface area contributed by atoms with E-state index in [1.54, 1.807) is 108 Å². The number of amides is 5. The van der Waals surface area contributed by atoms with E-state index >= 15 is 0 Å². The SMILES string of the molecule is CC(C)(C)OC(=O)N[C@H]1COCC[C@@H]1O.CC(C)(C)OC(=O)N[C@H]1COCC[C@@H]1OS(C)(=O)=O.CC(C)(C)OC(=O)N[C@H]1COCC[C@H]1N.CC(C)(C)OC(=O)N[C@H]1COCC[C@H]1N=[N+]=[N-].CC(C)(C)OC(=O)N[C@H]1COCC[C@H]1Nc1nc(Cl)c(C#N)cc1F.N#Cc1cc(F)c(Cl)nc1Cl.Nc1cccc(-n2nccn2)c1. The molecule has 5 fully saturated rings. The second-order valence-corrected chi connectivity index (χ2v) is 33.2. The minimum Gasteiger partial charge on any atom is -0.444 e. The van der Waals surface area contributed by atoms with Crippen LogP contribution in [0.4, 0.5) is 44.3 Å². The summed E-state index contributed by atoms with van der Waals surface area (Å²) in [5.41, 5.74) is 18.6. The number of nitriles is 2. The van der Waals surface area contributed by atoms with E-state index in [0.29, 0.717) is 84.2 Å². The van der Waals surface area contributed by atoms with Crippen LogP contribution in [0.2, 0.25) is 15.5 Å². The number of nitrogens with zero attached hydrogens (tertiary/aromatic N) is 10. The number of hydrogen-bond acceptors (Lipinski definition) is 29. The highest BCUT2D eigenvalue weighted by molar-refractivity contribution is 7.86. The van der Waals surface area contributed by atoms with Gasteiger partial charge in [-0.2, -0.15) is 33.9 Å². The molecule has 0 spiro atoms. The lowest BCUT2D eigenvalue weighted by Crippen LogP contribution is -2.54. The minimum atomic E-state index is -3.58. The van der Waals surface area contributed by atoms with Crippen molar-refractivity contribution in [3.63, 3.8) is 0 Å². The quantitative estimate of drug-likeness (QED) is 0.0128. The van der Waals surface area contributed by atoms with E-state index in [4.69, 9.17) is 114 Å². The van der Waals surface area contributed by atoms with Crippen molar-refractivity contribution in [2.45, 2.75) is 225 Å². The number of aromatic nitrogens is 5. The van der Waals surface area contributed by atoms with Gasteiger partial charge >= 0.3 is 30.5 Å². The number of halogens is 5. The van der Waals surface area contributed by atoms with Crippen LogP contribution in [0.5, 0.6) is 0 Å². The topological polar surface area (TPSA) is 518 Å². The maximum Gasteiger partial charge on any atom is 0.408 e. The molecule has 114 heavy (non-hydrogen) atoms. The van der Waals surface area contributed by atoms with Gasteiger partial charge in [0.05, 0.1) is 117 Å². The van der Waals surface area contributed by atoms with Crippen molar-refractivity contribution in [3.05, 3.63) is 97.5 Å². The summed E-state index contributed by atoms with van der Waals surface area (Å²) >= 11 is 16.5. The number of anilines is 2. The van der Waals surface area contributed by atoms with Gasteiger partial charge in [0.1, 0.15) is 56.6 Å². The van der Waals surface area contributed by atoms with Crippen molar-refractivity contribution >= 4 is 86.9 Å². The van der Waals surface area contributed by atoms with Crippen molar-refractivity contribution in [1.82, 2.24) is 51.5 Å². The third kappa shape index (κ3) is 42.0. The van der Waals surface area contributed by atoms with Crippen molar-refractivity contribution in [3.8, 4) is 17.8 Å². The van der Waals surface area contributed by atoms with Gasteiger partial charge in [0.25, 0.3) is 10.1 Å². The van der Waals surface area contributed by atoms with E-state index in [-0.39, 0.29) is 81.9 Å². The van der Waals surface area contributed by atoms with Crippen molar-refractivity contribution in [2.24, 2.45) is 10.8 Å². The molecule has 37 nitrogen and oxygen atoms in total. The fraction of sp³-hybridized carbons (Fsp3) is 0.648. The highest BCUT2D eigenvalue weighted by atomic mass is 35.5. The van der Waals surface area contributed by atoms with E-state index in [2.05, 4.69) is 62.1 Å². The molecule has 11 N–H and O–H groups in total. The Morgan fingerprint density at radius 2 is 0.982 bits per heavy atom. The normalized spacial score (nSPS) is 21.4. The number of nitrogens with two attached hydrogens (primary N) is 2. The van der Waals surface area contributed by atoms with Crippen molar-refractivity contribution < 1.29 is 97.8 Å². The predicted octanol–water partition coefficient (Wildman–Crippen LogP) is 10.0. The molecule has 0 radical (unpaired) electrons. The van der Waals surface area contributed by atoms with Gasteiger partial charge in [-0.15, -0.1) is 0 Å². The van der Waals surface area contributed by atoms with Gasteiger partial charge < -0.3 is 95.8 Å². The molecule has 0 saturated carbocycles. The number of aliphatic hydroxyl groups is 1. The van der Waals surface area contributed by atoms with E-state index < -0.39 is 105 Å². The molecule has 43 heteroatoms. The third-order valence-electron chi connectivity index (χ3n) is 14.6. The minimum absolute atomic E-state index is 0.0198. The third-order valence-corrected chi connectivity index (χ3v) is 16.0. The van der Waals surface area contributed by atoms with Gasteiger partial charge in [0, 0.05) is 56.1 Å². The number of azide groups is 1. The van der Waals surface area contributed by atoms with Gasteiger partial charge in [-0.25, -0.2) is 42.7 Å². The summed E-state index contributed by atoms with van der Waals surface area (Å²) in [7, 11) is -3.58. The average Bonchev–Trinajstić information content (AvgIpc) is 0.832. The molecule has 9 rings (SSSR count). The molecule has 10 atom stereocenters. The van der Waals surface area contributed by atoms with Crippen LogP contribution in [-0.4, -0.2) is 230 Å². The Bertz CT molecular complexity index is 3920. The zero-order valence-corrected chi connectivity index (χ0v) is 69.8. The molecule has 1 aromatic carbocycles. The monoisotopic (exact) mass is 1690 g/mol. The number of ether oxygens (including phenoxy) is 10. The number of hydrogen-bond donors (Lipinski definition) is 9. The zero-order chi connectivity index (χ0) is 86.0. The maximum atomic E-state index is 14.1. The number of carbonyl (C=O) groups excluding carboxylic acids is 5. The Balaban J connectivity index is 0.000000349. The highest BCUT2D eigenvalue weighted by Gasteiger charge is 2.35. The molecule has 5 amide bonds. The fourth-order valence-electron chi connectivity index (χ4n) is 9.72. The maximum absolute atomic E-state index is 14.1. The summed E-state index contributed by atoms with van der Waals surface area (Å²) in [6.45, 7) is 30.9. The zero-order valence-electron chi connectivity index (χ0n) is 66.7. The molecule has 0 unspecified atom stereocenters. The number of aliphatic hydroxyl groups excluding tert-OH is 1. The van der Waals surface area contributed by atoms with Crippen LogP contribution >= 0.6 is 34.8 Å². The van der Waals surface area contributed by atoms with Gasteiger partial charge in [-0.3, -0.25) is 4.18 Å². The summed E-state index contributed by atoms with van der Waals surface area (Å²) in [6.07, 6.45) is 3.21. The van der Waals surface area contributed by atoms with E-state index in [9.17, 15) is 46.3 Å². The average molecular weight is 1690 g/mol. The lowest BCUT2D eigenvalue weighted by Gasteiger charge is -2.33. The molecular formula is C71H107Cl3F2N18O19S. The summed E-state index contributed by atoms with van der Waals surface area (Å²) < 4.78 is 106. The highest BCUT2D eigenvalue weighted by Crippen LogP contribution is 2.25. The fourth-order valence-corrected chi connectivity index (χ4v) is 10.9. The molecule has 636 valence electrons. The number of alkyl carbamates (subject to hydrolysis) is 5. The van der Waals surface area contributed by atoms with Crippen LogP contribution < -0.4 is 43.4 Å². The van der Waals surface area contributed by atoms with Crippen molar-refractivity contribution in [2.75, 3.05) is 83.4 Å². The summed E-state index contributed by atoms with van der Waals surface area (Å²) in [5, 5.41) is 54.1. The first kappa shape index (κ1) is 99.5. The van der Waals surface area contributed by atoms with E-state index in [0.717, 1.165) is 30.5 Å². The van der Waals surface area contributed by atoms with Crippen LogP contribution in [0.3, 0.4) is 0 Å². The van der Waals surface area contributed by atoms with Crippen LogP contribution in [0.1, 0.15) is 147 Å². The number of nitrogen functional groups attached to an aromatic ring is 1. The number of benzene rings is 1. The van der Waals surface area contributed by atoms with Crippen molar-refractivity contribution in [1.29, 1.82) is 10.5 Å². The van der Waals surface area contributed by atoms with Crippen LogP contribution in [0, 0.1) is 34.3 Å². The smallest absolute Gasteiger partial charge is 0.408 e. The lowest BCUT2D eigenvalue weighted by atomic mass is 10.0. The molecule has 8 heterocycles. The summed E-state index contributed by atoms with van der Waals surface area (Å²) in [6, 6.07) is 10.4. The lowest BCUT2D eigenvalue weighted by molar-refractivity contribution is -0.0211. The van der Waals surface area contributed by atoms with Gasteiger partial charge in [0.15, 0.2) is 22.6 Å². The molecule has 5 aliphatic rings. The Morgan fingerprint density at radius 3 is 1.45 bits per heavy atom. The first-order valence-electron chi connectivity index (χ1n) is 35.8. The standard InChI is InChI=1S/C16H20ClFN4O3.C11H21NO6S.C10H18N4O3.C10H20N2O3.C10H19NO4.C8H8N4.C6HCl2FN2/c1-16(2,3)25-15(23)21-12-8-24-5-4-11(12)20-14-10(18)6-9(7-19)13(17)22-14;1-11(2,3)17-10(13)12-8-7-16-6-5-9(8)18-19(4,14)15;1-10(2,3)17-9(15)12-8-6-16-5-4-7(8)13-14-11;1-10(2,3)15-9(13)12-8-6-14-5-4-7(8)11;1-10(2,3)15-9(13)11-7-6-14-5-4-8(7)12;9-7-2-1-3-8(6-7)12-10-4-5-11-12;7-5-3(2-10)1-4(9)6(8)11-5/h6,11-12H,4-5,8H2,1-3H3,(H,20,22)(H,21,23);8-9H,5-7H2,1-4H3,(H,12,13);7-8H,4-6H2,1-3H3,(H,12,15);7-8H,4-6,11H2,1-3H3,(H,12,13);7-8,12H,4-6H2,1-3H3,(H,11,13);1-6H,9H2;1H/t11-,12+;8-,9-;2*7-,8+;7-,8-;;/m10110../s1. The molecule has 5 aliphatic heterocycles. The second-order valence-electron chi connectivity index (χ2n) is 30.6. The molecule has 3 aromatic heterocycles. The van der Waals surface area contributed by atoms with Gasteiger partial charge in [-0.1, -0.05) is 46.0 Å². The largest absolute Gasteiger partial charge is 0.444 e. The number of rotatable bonds is 11.